The van der Waals surface area contributed by atoms with Gasteiger partial charge in [0, 0.05) is 30.6 Å². The minimum atomic E-state index is -0.412. The molecule has 0 aromatic carbocycles. The van der Waals surface area contributed by atoms with Gasteiger partial charge in [-0.1, -0.05) is 0 Å². The van der Waals surface area contributed by atoms with E-state index in [0.29, 0.717) is 5.56 Å². The summed E-state index contributed by atoms with van der Waals surface area (Å²) in [4.78, 5) is 17.4. The van der Waals surface area contributed by atoms with Crippen molar-refractivity contribution in [1.82, 2.24) is 4.98 Å². The summed E-state index contributed by atoms with van der Waals surface area (Å²) in [7, 11) is 0. The molecular formula is C11H17N3OS. The van der Waals surface area contributed by atoms with E-state index in [2.05, 4.69) is 23.1 Å². The van der Waals surface area contributed by atoms with Crippen LogP contribution < -0.4 is 10.6 Å². The Bertz CT molecular complexity index is 357. The Balaban J connectivity index is 2.83. The summed E-state index contributed by atoms with van der Waals surface area (Å²) >= 11 is 1.79. The van der Waals surface area contributed by atoms with Crippen LogP contribution in [0.25, 0.3) is 0 Å². The van der Waals surface area contributed by atoms with Crippen LogP contribution >= 0.6 is 11.8 Å². The predicted molar refractivity (Wildman–Crippen MR) is 69.0 cm³/mol. The van der Waals surface area contributed by atoms with Crippen LogP contribution in [-0.2, 0) is 0 Å². The smallest absolute Gasteiger partial charge is 0.248 e. The number of nitrogens with zero attached hydrogens (tertiary/aromatic N) is 2. The quantitative estimate of drug-likeness (QED) is 0.814. The van der Waals surface area contributed by atoms with E-state index in [-0.39, 0.29) is 0 Å². The largest absolute Gasteiger partial charge is 0.366 e. The van der Waals surface area contributed by atoms with Crippen molar-refractivity contribution in [2.45, 2.75) is 6.92 Å². The molecule has 0 fully saturated rings. The standard InChI is InChI=1S/C11H17N3OS/c1-3-14(6-7-16-2)10-8-9(11(12)15)4-5-13-10/h4-5,8H,3,6-7H2,1-2H3,(H2,12,15). The zero-order chi connectivity index (χ0) is 12.0. The summed E-state index contributed by atoms with van der Waals surface area (Å²) in [6, 6.07) is 3.38. The highest BCUT2D eigenvalue weighted by atomic mass is 32.2. The third-order valence-electron chi connectivity index (χ3n) is 2.30. The second kappa shape index (κ2) is 6.37. The van der Waals surface area contributed by atoms with Gasteiger partial charge in [-0.3, -0.25) is 4.79 Å². The van der Waals surface area contributed by atoms with Crippen molar-refractivity contribution in [2.24, 2.45) is 5.73 Å². The fourth-order valence-electron chi connectivity index (χ4n) is 1.38. The van der Waals surface area contributed by atoms with Crippen molar-refractivity contribution < 1.29 is 4.79 Å². The van der Waals surface area contributed by atoms with Crippen LogP contribution in [0, 0.1) is 0 Å². The van der Waals surface area contributed by atoms with E-state index in [1.54, 1.807) is 30.1 Å². The van der Waals surface area contributed by atoms with Gasteiger partial charge in [0.1, 0.15) is 5.82 Å². The summed E-state index contributed by atoms with van der Waals surface area (Å²) in [5.41, 5.74) is 5.74. The molecule has 0 saturated heterocycles. The maximum Gasteiger partial charge on any atom is 0.248 e. The number of primary amides is 1. The fraction of sp³-hybridized carbons (Fsp3) is 0.455. The number of amides is 1. The van der Waals surface area contributed by atoms with Crippen molar-refractivity contribution in [3.05, 3.63) is 23.9 Å². The Morgan fingerprint density at radius 2 is 2.38 bits per heavy atom. The molecule has 4 nitrogen and oxygen atoms in total. The molecule has 1 aromatic rings. The van der Waals surface area contributed by atoms with Gasteiger partial charge in [-0.05, 0) is 25.3 Å². The number of rotatable bonds is 6. The van der Waals surface area contributed by atoms with E-state index >= 15 is 0 Å². The van der Waals surface area contributed by atoms with E-state index in [9.17, 15) is 4.79 Å². The van der Waals surface area contributed by atoms with Gasteiger partial charge in [-0.2, -0.15) is 11.8 Å². The van der Waals surface area contributed by atoms with Crippen LogP contribution in [0.5, 0.6) is 0 Å². The number of hydrogen-bond acceptors (Lipinski definition) is 4. The second-order valence-electron chi connectivity index (χ2n) is 3.34. The Labute approximate surface area is 100 Å². The third-order valence-corrected chi connectivity index (χ3v) is 2.89. The third kappa shape index (κ3) is 3.41. The number of anilines is 1. The molecule has 0 saturated carbocycles. The molecule has 0 unspecified atom stereocenters. The lowest BCUT2D eigenvalue weighted by molar-refractivity contribution is 0.1000. The molecule has 1 amide bonds. The number of pyridine rings is 1. The first-order valence-corrected chi connectivity index (χ1v) is 6.58. The summed E-state index contributed by atoms with van der Waals surface area (Å²) in [6.07, 6.45) is 3.69. The Kier molecular flexibility index (Phi) is 5.11. The first-order valence-electron chi connectivity index (χ1n) is 5.18. The minimum absolute atomic E-state index is 0.412. The number of nitrogens with two attached hydrogens (primary N) is 1. The molecule has 0 radical (unpaired) electrons. The van der Waals surface area contributed by atoms with Crippen LogP contribution in [0.15, 0.2) is 18.3 Å². The Morgan fingerprint density at radius 1 is 1.62 bits per heavy atom. The Hall–Kier alpha value is -1.23. The minimum Gasteiger partial charge on any atom is -0.366 e. The molecule has 0 aliphatic carbocycles. The molecule has 88 valence electrons. The zero-order valence-electron chi connectivity index (χ0n) is 9.64. The van der Waals surface area contributed by atoms with Crippen LogP contribution in [0.3, 0.4) is 0 Å². The normalized spacial score (nSPS) is 10.1. The molecule has 0 spiro atoms. The average molecular weight is 239 g/mol. The van der Waals surface area contributed by atoms with Gasteiger partial charge in [0.05, 0.1) is 0 Å². The molecule has 1 heterocycles. The molecular weight excluding hydrogens is 222 g/mol. The molecule has 1 aromatic heterocycles. The predicted octanol–water partition coefficient (Wildman–Crippen LogP) is 1.37. The molecule has 0 aliphatic rings. The van der Waals surface area contributed by atoms with E-state index in [1.165, 1.54) is 0 Å². The molecule has 2 N–H and O–H groups in total. The van der Waals surface area contributed by atoms with E-state index in [0.717, 1.165) is 24.7 Å². The summed E-state index contributed by atoms with van der Waals surface area (Å²) in [6.45, 7) is 3.86. The van der Waals surface area contributed by atoms with Gasteiger partial charge < -0.3 is 10.6 Å². The van der Waals surface area contributed by atoms with E-state index in [1.807, 2.05) is 0 Å². The maximum atomic E-state index is 11.0. The van der Waals surface area contributed by atoms with Crippen LogP contribution in [0.4, 0.5) is 5.82 Å². The zero-order valence-corrected chi connectivity index (χ0v) is 10.5. The Morgan fingerprint density at radius 3 is 2.94 bits per heavy atom. The second-order valence-corrected chi connectivity index (χ2v) is 4.33. The lowest BCUT2D eigenvalue weighted by atomic mass is 10.2. The molecule has 0 aliphatic heterocycles. The lowest BCUT2D eigenvalue weighted by Crippen LogP contribution is -2.26. The molecule has 16 heavy (non-hydrogen) atoms. The van der Waals surface area contributed by atoms with E-state index < -0.39 is 5.91 Å². The SMILES string of the molecule is CCN(CCSC)c1cc(C(N)=O)ccn1. The highest BCUT2D eigenvalue weighted by molar-refractivity contribution is 7.98. The van der Waals surface area contributed by atoms with Crippen molar-refractivity contribution in [3.8, 4) is 0 Å². The summed E-state index contributed by atoms with van der Waals surface area (Å²) in [5, 5.41) is 0. The maximum absolute atomic E-state index is 11.0. The molecule has 5 heteroatoms. The fourth-order valence-corrected chi connectivity index (χ4v) is 1.78. The number of carbonyl (C=O) groups excluding carboxylic acids is 1. The lowest BCUT2D eigenvalue weighted by Gasteiger charge is -2.21. The number of aromatic nitrogens is 1. The number of hydrogen-bond donors (Lipinski definition) is 1. The van der Waals surface area contributed by atoms with Gasteiger partial charge in [0.25, 0.3) is 0 Å². The average Bonchev–Trinajstić information content (AvgIpc) is 2.30. The molecule has 0 bridgehead atoms. The van der Waals surface area contributed by atoms with Gasteiger partial charge >= 0.3 is 0 Å². The van der Waals surface area contributed by atoms with Gasteiger partial charge in [-0.25, -0.2) is 4.98 Å². The van der Waals surface area contributed by atoms with Crippen molar-refractivity contribution in [1.29, 1.82) is 0 Å². The van der Waals surface area contributed by atoms with Gasteiger partial charge in [0.15, 0.2) is 0 Å². The highest BCUT2D eigenvalue weighted by Gasteiger charge is 2.07. The molecule has 1 rings (SSSR count). The first-order chi connectivity index (χ1) is 7.69. The topological polar surface area (TPSA) is 59.2 Å². The molecule has 0 atom stereocenters. The van der Waals surface area contributed by atoms with Crippen molar-refractivity contribution >= 4 is 23.5 Å². The monoisotopic (exact) mass is 239 g/mol. The first kappa shape index (κ1) is 12.8. The summed E-state index contributed by atoms with van der Waals surface area (Å²) in [5.74, 6) is 1.44. The van der Waals surface area contributed by atoms with Gasteiger partial charge in [0.2, 0.25) is 5.91 Å². The number of carbonyl (C=O) groups is 1. The van der Waals surface area contributed by atoms with Crippen molar-refractivity contribution in [3.63, 3.8) is 0 Å². The van der Waals surface area contributed by atoms with E-state index in [4.69, 9.17) is 5.73 Å². The van der Waals surface area contributed by atoms with Crippen LogP contribution in [0.1, 0.15) is 17.3 Å². The van der Waals surface area contributed by atoms with Crippen LogP contribution in [-0.4, -0.2) is 36.0 Å². The highest BCUT2D eigenvalue weighted by Crippen LogP contribution is 2.12. The number of thioether (sulfide) groups is 1. The van der Waals surface area contributed by atoms with Crippen molar-refractivity contribution in [2.75, 3.05) is 30.0 Å². The van der Waals surface area contributed by atoms with Crippen LogP contribution in [0.2, 0.25) is 0 Å². The van der Waals surface area contributed by atoms with Gasteiger partial charge in [-0.15, -0.1) is 0 Å². The summed E-state index contributed by atoms with van der Waals surface area (Å²) < 4.78 is 0.